The first kappa shape index (κ1) is 11.9. The van der Waals surface area contributed by atoms with E-state index < -0.39 is 0 Å². The summed E-state index contributed by atoms with van der Waals surface area (Å²) in [4.78, 5) is 0. The van der Waals surface area contributed by atoms with Gasteiger partial charge in [0.05, 0.1) is 6.61 Å². The van der Waals surface area contributed by atoms with Crippen LogP contribution in [0.3, 0.4) is 0 Å². The van der Waals surface area contributed by atoms with Crippen molar-refractivity contribution in [1.82, 2.24) is 5.32 Å². The highest BCUT2D eigenvalue weighted by atomic mass is 16.5. The van der Waals surface area contributed by atoms with Gasteiger partial charge in [-0.05, 0) is 32.7 Å². The van der Waals surface area contributed by atoms with Gasteiger partial charge in [-0.1, -0.05) is 13.8 Å². The average molecular weight is 173 g/mol. The van der Waals surface area contributed by atoms with E-state index in [-0.39, 0.29) is 0 Å². The summed E-state index contributed by atoms with van der Waals surface area (Å²) in [5.41, 5.74) is 0. The molecule has 0 spiro atoms. The number of hydrogen-bond acceptors (Lipinski definition) is 2. The van der Waals surface area contributed by atoms with Gasteiger partial charge in [0.1, 0.15) is 0 Å². The second kappa shape index (κ2) is 7.56. The fraction of sp³-hybridized carbons (Fsp3) is 1.00. The molecule has 0 saturated carbocycles. The monoisotopic (exact) mass is 173 g/mol. The van der Waals surface area contributed by atoms with E-state index in [2.05, 4.69) is 26.1 Å². The van der Waals surface area contributed by atoms with Crippen molar-refractivity contribution in [2.45, 2.75) is 39.7 Å². The molecular formula is C10H23NO. The molecule has 1 atom stereocenters. The van der Waals surface area contributed by atoms with Crippen molar-refractivity contribution < 1.29 is 4.74 Å². The number of rotatable bonds is 7. The highest BCUT2D eigenvalue weighted by Crippen LogP contribution is 2.02. The van der Waals surface area contributed by atoms with E-state index >= 15 is 0 Å². The Hall–Kier alpha value is -0.0800. The van der Waals surface area contributed by atoms with Crippen molar-refractivity contribution in [2.75, 3.05) is 20.3 Å². The van der Waals surface area contributed by atoms with E-state index in [0.29, 0.717) is 6.04 Å². The van der Waals surface area contributed by atoms with E-state index in [9.17, 15) is 0 Å². The summed E-state index contributed by atoms with van der Waals surface area (Å²) in [6, 6.07) is 0.476. The maximum Gasteiger partial charge on any atom is 0.0616 e. The standard InChI is InChI=1S/C10H23NO/c1-9(2)6-5-7-12-8-10(3)11-4/h9-11H,5-8H2,1-4H3. The number of hydrogen-bond donors (Lipinski definition) is 1. The smallest absolute Gasteiger partial charge is 0.0616 e. The molecule has 0 rings (SSSR count). The van der Waals surface area contributed by atoms with E-state index in [1.54, 1.807) is 0 Å². The largest absolute Gasteiger partial charge is 0.380 e. The maximum atomic E-state index is 5.47. The van der Waals surface area contributed by atoms with Crippen LogP contribution in [-0.2, 0) is 4.74 Å². The summed E-state index contributed by atoms with van der Waals surface area (Å²) in [7, 11) is 1.96. The molecule has 2 nitrogen and oxygen atoms in total. The molecule has 0 radical (unpaired) electrons. The van der Waals surface area contributed by atoms with Crippen LogP contribution in [0.2, 0.25) is 0 Å². The first-order valence-corrected chi connectivity index (χ1v) is 4.91. The molecule has 0 fully saturated rings. The third-order valence-electron chi connectivity index (χ3n) is 1.93. The Morgan fingerprint density at radius 3 is 2.42 bits per heavy atom. The molecule has 0 aliphatic carbocycles. The SMILES string of the molecule is CNC(C)COCCCC(C)C. The lowest BCUT2D eigenvalue weighted by Gasteiger charge is -2.10. The van der Waals surface area contributed by atoms with Crippen LogP contribution in [0, 0.1) is 5.92 Å². The fourth-order valence-corrected chi connectivity index (χ4v) is 0.937. The molecule has 0 aliphatic heterocycles. The Balaban J connectivity index is 3.00. The van der Waals surface area contributed by atoms with Crippen LogP contribution in [0.25, 0.3) is 0 Å². The first-order valence-electron chi connectivity index (χ1n) is 4.91. The molecule has 0 heterocycles. The van der Waals surface area contributed by atoms with E-state index in [1.807, 2.05) is 7.05 Å². The van der Waals surface area contributed by atoms with Gasteiger partial charge in [0.2, 0.25) is 0 Å². The topological polar surface area (TPSA) is 21.3 Å². The predicted molar refractivity (Wildman–Crippen MR) is 53.4 cm³/mol. The summed E-state index contributed by atoms with van der Waals surface area (Å²) in [5, 5.41) is 3.14. The number of likely N-dealkylation sites (N-methyl/N-ethyl adjacent to an activating group) is 1. The van der Waals surface area contributed by atoms with Crippen molar-refractivity contribution in [3.05, 3.63) is 0 Å². The Labute approximate surface area is 76.7 Å². The van der Waals surface area contributed by atoms with Gasteiger partial charge in [-0.3, -0.25) is 0 Å². The van der Waals surface area contributed by atoms with Gasteiger partial charge in [-0.15, -0.1) is 0 Å². The normalized spacial score (nSPS) is 13.8. The van der Waals surface area contributed by atoms with Crippen LogP contribution < -0.4 is 5.32 Å². The van der Waals surface area contributed by atoms with Crippen molar-refractivity contribution in [3.63, 3.8) is 0 Å². The Kier molecular flexibility index (Phi) is 7.51. The van der Waals surface area contributed by atoms with Gasteiger partial charge >= 0.3 is 0 Å². The molecule has 2 heteroatoms. The molecule has 0 bridgehead atoms. The zero-order valence-electron chi connectivity index (χ0n) is 8.89. The fourth-order valence-electron chi connectivity index (χ4n) is 0.937. The molecule has 12 heavy (non-hydrogen) atoms. The van der Waals surface area contributed by atoms with Crippen LogP contribution in [0.15, 0.2) is 0 Å². The second-order valence-corrected chi connectivity index (χ2v) is 3.80. The molecule has 0 saturated heterocycles. The van der Waals surface area contributed by atoms with Crippen molar-refractivity contribution >= 4 is 0 Å². The lowest BCUT2D eigenvalue weighted by molar-refractivity contribution is 0.112. The molecule has 1 N–H and O–H groups in total. The minimum absolute atomic E-state index is 0.476. The summed E-state index contributed by atoms with van der Waals surface area (Å²) < 4.78 is 5.47. The zero-order chi connectivity index (χ0) is 9.40. The van der Waals surface area contributed by atoms with Gasteiger partial charge in [-0.25, -0.2) is 0 Å². The van der Waals surface area contributed by atoms with Crippen LogP contribution >= 0.6 is 0 Å². The van der Waals surface area contributed by atoms with Crippen molar-refractivity contribution in [3.8, 4) is 0 Å². The summed E-state index contributed by atoms with van der Waals surface area (Å²) in [5.74, 6) is 0.801. The Bertz CT molecular complexity index is 93.8. The van der Waals surface area contributed by atoms with Crippen molar-refractivity contribution in [1.29, 1.82) is 0 Å². The molecule has 0 aromatic carbocycles. The summed E-state index contributed by atoms with van der Waals surface area (Å²) >= 11 is 0. The van der Waals surface area contributed by atoms with E-state index in [4.69, 9.17) is 4.74 Å². The van der Waals surface area contributed by atoms with Gasteiger partial charge in [0.25, 0.3) is 0 Å². The second-order valence-electron chi connectivity index (χ2n) is 3.80. The summed E-state index contributed by atoms with van der Waals surface area (Å²) in [6.07, 6.45) is 2.46. The Morgan fingerprint density at radius 2 is 1.92 bits per heavy atom. The molecule has 1 unspecified atom stereocenters. The van der Waals surface area contributed by atoms with E-state index in [0.717, 1.165) is 19.1 Å². The minimum Gasteiger partial charge on any atom is -0.380 e. The van der Waals surface area contributed by atoms with Gasteiger partial charge < -0.3 is 10.1 Å². The molecule has 0 amide bonds. The Morgan fingerprint density at radius 1 is 1.25 bits per heavy atom. The van der Waals surface area contributed by atoms with Crippen LogP contribution in [-0.4, -0.2) is 26.3 Å². The third-order valence-corrected chi connectivity index (χ3v) is 1.93. The third kappa shape index (κ3) is 8.02. The molecule has 0 aliphatic rings. The molecule has 74 valence electrons. The van der Waals surface area contributed by atoms with Gasteiger partial charge in [0.15, 0.2) is 0 Å². The van der Waals surface area contributed by atoms with Crippen LogP contribution in [0.1, 0.15) is 33.6 Å². The van der Waals surface area contributed by atoms with Crippen LogP contribution in [0.4, 0.5) is 0 Å². The highest BCUT2D eigenvalue weighted by molar-refractivity contribution is 4.53. The first-order chi connectivity index (χ1) is 5.66. The van der Waals surface area contributed by atoms with Gasteiger partial charge in [-0.2, -0.15) is 0 Å². The number of ether oxygens (including phenoxy) is 1. The molecule has 0 aromatic rings. The zero-order valence-corrected chi connectivity index (χ0v) is 8.89. The lowest BCUT2D eigenvalue weighted by Crippen LogP contribution is -2.26. The minimum atomic E-state index is 0.476. The van der Waals surface area contributed by atoms with Crippen LogP contribution in [0.5, 0.6) is 0 Å². The molecular weight excluding hydrogens is 150 g/mol. The van der Waals surface area contributed by atoms with Crippen molar-refractivity contribution in [2.24, 2.45) is 5.92 Å². The summed E-state index contributed by atoms with van der Waals surface area (Å²) in [6.45, 7) is 8.35. The maximum absolute atomic E-state index is 5.47. The predicted octanol–water partition coefficient (Wildman–Crippen LogP) is 2.05. The number of nitrogens with one attached hydrogen (secondary N) is 1. The quantitative estimate of drug-likeness (QED) is 0.595. The average Bonchev–Trinajstić information content (AvgIpc) is 2.03. The highest BCUT2D eigenvalue weighted by Gasteiger charge is 1.97. The molecule has 0 aromatic heterocycles. The van der Waals surface area contributed by atoms with E-state index in [1.165, 1.54) is 12.8 Å². The van der Waals surface area contributed by atoms with Gasteiger partial charge in [0, 0.05) is 12.6 Å². The lowest BCUT2D eigenvalue weighted by atomic mass is 10.1.